The van der Waals surface area contributed by atoms with Crippen LogP contribution >= 0.6 is 28.3 Å². The molecule has 0 spiro atoms. The molecule has 0 heterocycles. The molecule has 0 aliphatic rings. The molecular formula is C12H17BrClN3O2. The minimum atomic E-state index is -0.353. The maximum atomic E-state index is 11.6. The van der Waals surface area contributed by atoms with Crippen LogP contribution < -0.4 is 16.4 Å². The average Bonchev–Trinajstić information content (AvgIpc) is 2.32. The Balaban J connectivity index is 0.00000324. The predicted octanol–water partition coefficient (Wildman–Crippen LogP) is 1.50. The molecule has 0 bridgehead atoms. The number of hydrogen-bond donors (Lipinski definition) is 3. The number of anilines is 1. The van der Waals surface area contributed by atoms with E-state index in [4.69, 9.17) is 5.73 Å². The van der Waals surface area contributed by atoms with Gasteiger partial charge in [0.1, 0.15) is 0 Å². The summed E-state index contributed by atoms with van der Waals surface area (Å²) in [5.41, 5.74) is 7.90. The monoisotopic (exact) mass is 349 g/mol. The molecule has 0 fully saturated rings. The lowest BCUT2D eigenvalue weighted by Crippen LogP contribution is -2.36. The standard InChI is InChI=1S/C12H16BrN3O2.ClH/c1-7-3-9(4-8(2)12(7)13)16-11(18)6-15-10(17)5-14;/h3-4H,5-6,14H2,1-2H3,(H,15,17)(H,16,18);1H. The highest BCUT2D eigenvalue weighted by Gasteiger charge is 2.07. The van der Waals surface area contributed by atoms with Gasteiger partial charge in [0.25, 0.3) is 0 Å². The minimum Gasteiger partial charge on any atom is -0.346 e. The number of hydrogen-bond acceptors (Lipinski definition) is 3. The first kappa shape index (κ1) is 17.9. The number of amides is 2. The van der Waals surface area contributed by atoms with E-state index in [0.29, 0.717) is 5.69 Å². The number of rotatable bonds is 4. The highest BCUT2D eigenvalue weighted by atomic mass is 79.9. The lowest BCUT2D eigenvalue weighted by atomic mass is 10.1. The number of benzene rings is 1. The third-order valence-electron chi connectivity index (χ3n) is 2.35. The van der Waals surface area contributed by atoms with E-state index in [1.165, 1.54) is 0 Å². The van der Waals surface area contributed by atoms with Crippen LogP contribution in [0.4, 0.5) is 5.69 Å². The van der Waals surface area contributed by atoms with Gasteiger partial charge >= 0.3 is 0 Å². The van der Waals surface area contributed by atoms with E-state index in [9.17, 15) is 9.59 Å². The largest absolute Gasteiger partial charge is 0.346 e. The molecule has 2 amide bonds. The first-order valence-electron chi connectivity index (χ1n) is 5.47. The van der Waals surface area contributed by atoms with Crippen molar-refractivity contribution in [1.29, 1.82) is 0 Å². The molecule has 0 atom stereocenters. The van der Waals surface area contributed by atoms with Gasteiger partial charge in [-0.2, -0.15) is 0 Å². The molecule has 7 heteroatoms. The predicted molar refractivity (Wildman–Crippen MR) is 81.6 cm³/mol. The van der Waals surface area contributed by atoms with Crippen LogP contribution in [0.15, 0.2) is 16.6 Å². The molecule has 4 N–H and O–H groups in total. The molecule has 0 saturated heterocycles. The van der Waals surface area contributed by atoms with E-state index >= 15 is 0 Å². The summed E-state index contributed by atoms with van der Waals surface area (Å²) in [4.78, 5) is 22.5. The van der Waals surface area contributed by atoms with Gasteiger partial charge in [0, 0.05) is 10.2 Å². The molecular weight excluding hydrogens is 334 g/mol. The molecule has 106 valence electrons. The molecule has 0 aliphatic carbocycles. The van der Waals surface area contributed by atoms with Crippen molar-refractivity contribution in [3.63, 3.8) is 0 Å². The Morgan fingerprint density at radius 3 is 2.21 bits per heavy atom. The van der Waals surface area contributed by atoms with Crippen LogP contribution in [0.1, 0.15) is 11.1 Å². The van der Waals surface area contributed by atoms with Crippen LogP contribution in [0.2, 0.25) is 0 Å². The Morgan fingerprint density at radius 1 is 1.21 bits per heavy atom. The molecule has 1 aromatic rings. The summed E-state index contributed by atoms with van der Waals surface area (Å²) in [6.45, 7) is 3.69. The van der Waals surface area contributed by atoms with Crippen molar-refractivity contribution in [2.24, 2.45) is 5.73 Å². The van der Waals surface area contributed by atoms with E-state index in [0.717, 1.165) is 15.6 Å². The summed E-state index contributed by atoms with van der Waals surface area (Å²) in [7, 11) is 0. The van der Waals surface area contributed by atoms with E-state index in [2.05, 4.69) is 26.6 Å². The second-order valence-electron chi connectivity index (χ2n) is 3.95. The fourth-order valence-corrected chi connectivity index (χ4v) is 1.70. The van der Waals surface area contributed by atoms with Crippen molar-refractivity contribution in [3.8, 4) is 0 Å². The van der Waals surface area contributed by atoms with Crippen LogP contribution in [0.3, 0.4) is 0 Å². The molecule has 0 aromatic heterocycles. The van der Waals surface area contributed by atoms with Gasteiger partial charge in [0.05, 0.1) is 13.1 Å². The number of nitrogens with one attached hydrogen (secondary N) is 2. The normalized spacial score (nSPS) is 9.47. The Kier molecular flexibility index (Phi) is 7.66. The van der Waals surface area contributed by atoms with E-state index in [-0.39, 0.29) is 37.3 Å². The van der Waals surface area contributed by atoms with Crippen LogP contribution in [-0.2, 0) is 9.59 Å². The summed E-state index contributed by atoms with van der Waals surface area (Å²) in [6, 6.07) is 3.72. The van der Waals surface area contributed by atoms with E-state index < -0.39 is 0 Å². The maximum Gasteiger partial charge on any atom is 0.243 e. The Labute approximate surface area is 126 Å². The Bertz CT molecular complexity index is 457. The van der Waals surface area contributed by atoms with Crippen LogP contribution in [0.25, 0.3) is 0 Å². The topological polar surface area (TPSA) is 84.2 Å². The summed E-state index contributed by atoms with van der Waals surface area (Å²) in [5, 5.41) is 5.12. The number of carbonyl (C=O) groups is 2. The van der Waals surface area contributed by atoms with Crippen molar-refractivity contribution in [2.75, 3.05) is 18.4 Å². The van der Waals surface area contributed by atoms with Crippen LogP contribution in [-0.4, -0.2) is 24.9 Å². The molecule has 1 rings (SSSR count). The zero-order valence-corrected chi connectivity index (χ0v) is 13.2. The van der Waals surface area contributed by atoms with E-state index in [1.807, 2.05) is 26.0 Å². The fraction of sp³-hybridized carbons (Fsp3) is 0.333. The van der Waals surface area contributed by atoms with Gasteiger partial charge in [-0.15, -0.1) is 12.4 Å². The van der Waals surface area contributed by atoms with Gasteiger partial charge in [0.15, 0.2) is 0 Å². The summed E-state index contributed by atoms with van der Waals surface area (Å²) in [5.74, 6) is -0.633. The summed E-state index contributed by atoms with van der Waals surface area (Å²) >= 11 is 3.46. The van der Waals surface area contributed by atoms with Gasteiger partial charge in [-0.3, -0.25) is 9.59 Å². The fourth-order valence-electron chi connectivity index (χ4n) is 1.47. The SMILES string of the molecule is Cc1cc(NC(=O)CNC(=O)CN)cc(C)c1Br.Cl. The van der Waals surface area contributed by atoms with Crippen molar-refractivity contribution in [3.05, 3.63) is 27.7 Å². The number of aryl methyl sites for hydroxylation is 2. The average molecular weight is 351 g/mol. The van der Waals surface area contributed by atoms with Crippen molar-refractivity contribution in [1.82, 2.24) is 5.32 Å². The molecule has 1 aromatic carbocycles. The first-order chi connectivity index (χ1) is 8.43. The zero-order chi connectivity index (χ0) is 13.7. The summed E-state index contributed by atoms with van der Waals surface area (Å²) < 4.78 is 1.02. The maximum absolute atomic E-state index is 11.6. The summed E-state index contributed by atoms with van der Waals surface area (Å²) in [6.07, 6.45) is 0. The van der Waals surface area contributed by atoms with E-state index in [1.54, 1.807) is 0 Å². The second kappa shape index (κ2) is 8.14. The second-order valence-corrected chi connectivity index (χ2v) is 4.75. The van der Waals surface area contributed by atoms with Gasteiger partial charge in [-0.25, -0.2) is 0 Å². The molecule has 0 unspecified atom stereocenters. The van der Waals surface area contributed by atoms with Gasteiger partial charge < -0.3 is 16.4 Å². The molecule has 19 heavy (non-hydrogen) atoms. The molecule has 0 radical (unpaired) electrons. The lowest BCUT2D eigenvalue weighted by molar-refractivity contribution is -0.123. The molecule has 0 saturated carbocycles. The lowest BCUT2D eigenvalue weighted by Gasteiger charge is -2.10. The number of halogens is 2. The van der Waals surface area contributed by atoms with Gasteiger partial charge in [0.2, 0.25) is 11.8 Å². The third-order valence-corrected chi connectivity index (χ3v) is 3.60. The highest BCUT2D eigenvalue weighted by Crippen LogP contribution is 2.24. The highest BCUT2D eigenvalue weighted by molar-refractivity contribution is 9.10. The van der Waals surface area contributed by atoms with Gasteiger partial charge in [-0.1, -0.05) is 15.9 Å². The van der Waals surface area contributed by atoms with Crippen LogP contribution in [0.5, 0.6) is 0 Å². The number of nitrogens with two attached hydrogens (primary N) is 1. The molecule has 0 aliphatic heterocycles. The Morgan fingerprint density at radius 2 is 1.74 bits per heavy atom. The van der Waals surface area contributed by atoms with Crippen LogP contribution in [0, 0.1) is 13.8 Å². The number of carbonyl (C=O) groups excluding carboxylic acids is 2. The van der Waals surface area contributed by atoms with Crippen molar-refractivity contribution < 1.29 is 9.59 Å². The molecule has 5 nitrogen and oxygen atoms in total. The smallest absolute Gasteiger partial charge is 0.243 e. The quantitative estimate of drug-likeness (QED) is 0.769. The zero-order valence-electron chi connectivity index (χ0n) is 10.7. The Hall–Kier alpha value is -1.11. The van der Waals surface area contributed by atoms with Crippen molar-refractivity contribution >= 4 is 45.8 Å². The first-order valence-corrected chi connectivity index (χ1v) is 6.26. The van der Waals surface area contributed by atoms with Gasteiger partial charge in [-0.05, 0) is 37.1 Å². The van der Waals surface area contributed by atoms with Crippen molar-refractivity contribution in [2.45, 2.75) is 13.8 Å². The minimum absolute atomic E-state index is 0. The third kappa shape index (κ3) is 5.59.